The second-order valence-electron chi connectivity index (χ2n) is 5.04. The number of rotatable bonds is 1. The van der Waals surface area contributed by atoms with Crippen LogP contribution in [0.25, 0.3) is 0 Å². The molecule has 3 N–H and O–H groups in total. The van der Waals surface area contributed by atoms with Crippen molar-refractivity contribution >= 4 is 0 Å². The maximum absolute atomic E-state index is 9.45. The first kappa shape index (κ1) is 11.0. The lowest BCUT2D eigenvalue weighted by atomic mass is 9.89. The summed E-state index contributed by atoms with van der Waals surface area (Å²) in [7, 11) is 0. The molecule has 0 heterocycles. The van der Waals surface area contributed by atoms with E-state index in [1.54, 1.807) is 0 Å². The normalized spacial score (nSPS) is 36.2. The van der Waals surface area contributed by atoms with Gasteiger partial charge in [-0.1, -0.05) is 0 Å². The Morgan fingerprint density at radius 1 is 1.08 bits per heavy atom. The Labute approximate surface area is 80.2 Å². The average Bonchev–Trinajstić information content (AvgIpc) is 1.94. The molecule has 0 saturated heterocycles. The molecule has 1 fully saturated rings. The third kappa shape index (κ3) is 3.63. The van der Waals surface area contributed by atoms with Gasteiger partial charge >= 0.3 is 0 Å². The van der Waals surface area contributed by atoms with Crippen LogP contribution in [0.15, 0.2) is 0 Å². The molecule has 0 radical (unpaired) electrons. The quantitative estimate of drug-likeness (QED) is 0.565. The summed E-state index contributed by atoms with van der Waals surface area (Å²) in [4.78, 5) is 0. The topological polar surface area (TPSA) is 52.5 Å². The molecule has 3 nitrogen and oxygen atoms in total. The van der Waals surface area contributed by atoms with Crippen LogP contribution in [0.4, 0.5) is 0 Å². The van der Waals surface area contributed by atoms with E-state index in [1.807, 2.05) is 0 Å². The highest BCUT2D eigenvalue weighted by molar-refractivity contribution is 4.86. The Morgan fingerprint density at radius 2 is 1.69 bits per heavy atom. The zero-order valence-corrected chi connectivity index (χ0v) is 8.75. The fourth-order valence-electron chi connectivity index (χ4n) is 1.87. The molecule has 0 bridgehead atoms. The predicted molar refractivity (Wildman–Crippen MR) is 52.5 cm³/mol. The molecule has 0 amide bonds. The second-order valence-corrected chi connectivity index (χ2v) is 5.04. The number of nitrogens with one attached hydrogen (secondary N) is 1. The minimum absolute atomic E-state index is 0.0900. The van der Waals surface area contributed by atoms with Crippen LogP contribution < -0.4 is 5.32 Å². The molecule has 78 valence electrons. The molecule has 1 aliphatic rings. The molecule has 0 aliphatic heterocycles. The van der Waals surface area contributed by atoms with E-state index in [0.29, 0.717) is 18.9 Å². The largest absolute Gasteiger partial charge is 0.390 e. The van der Waals surface area contributed by atoms with E-state index in [-0.39, 0.29) is 5.54 Å². The van der Waals surface area contributed by atoms with E-state index >= 15 is 0 Å². The molecule has 0 aromatic carbocycles. The van der Waals surface area contributed by atoms with Crippen molar-refractivity contribution in [3.05, 3.63) is 0 Å². The van der Waals surface area contributed by atoms with Gasteiger partial charge in [-0.2, -0.15) is 0 Å². The minimum Gasteiger partial charge on any atom is -0.390 e. The van der Waals surface area contributed by atoms with Crippen molar-refractivity contribution in [2.24, 2.45) is 0 Å². The Morgan fingerprint density at radius 3 is 2.15 bits per heavy atom. The molecular formula is C10H21NO2. The molecular weight excluding hydrogens is 166 g/mol. The molecule has 1 rings (SSSR count). The van der Waals surface area contributed by atoms with Gasteiger partial charge in [-0.25, -0.2) is 0 Å². The maximum Gasteiger partial charge on any atom is 0.0813 e. The molecule has 0 spiro atoms. The van der Waals surface area contributed by atoms with Crippen molar-refractivity contribution in [3.8, 4) is 0 Å². The van der Waals surface area contributed by atoms with Gasteiger partial charge in [-0.15, -0.1) is 0 Å². The van der Waals surface area contributed by atoms with E-state index in [0.717, 1.165) is 6.42 Å². The van der Waals surface area contributed by atoms with Gasteiger partial charge in [0.1, 0.15) is 0 Å². The lowest BCUT2D eigenvalue weighted by Gasteiger charge is -2.35. The molecule has 1 aliphatic carbocycles. The smallest absolute Gasteiger partial charge is 0.0813 e. The SMILES string of the molecule is CC(C)(C)NC1CC[C@H](O)[C@H](O)C1. The van der Waals surface area contributed by atoms with Crippen LogP contribution in [0, 0.1) is 0 Å². The number of hydrogen-bond donors (Lipinski definition) is 3. The summed E-state index contributed by atoms with van der Waals surface area (Å²) in [5.41, 5.74) is 0.0900. The summed E-state index contributed by atoms with van der Waals surface area (Å²) in [6, 6.07) is 0.346. The van der Waals surface area contributed by atoms with Gasteiger partial charge in [0, 0.05) is 11.6 Å². The number of hydrogen-bond acceptors (Lipinski definition) is 3. The Hall–Kier alpha value is -0.120. The van der Waals surface area contributed by atoms with Gasteiger partial charge in [-0.05, 0) is 40.0 Å². The third-order valence-corrected chi connectivity index (χ3v) is 2.42. The van der Waals surface area contributed by atoms with E-state index < -0.39 is 12.2 Å². The average molecular weight is 187 g/mol. The summed E-state index contributed by atoms with van der Waals surface area (Å²) >= 11 is 0. The van der Waals surface area contributed by atoms with Crippen LogP contribution in [0.3, 0.4) is 0 Å². The molecule has 1 unspecified atom stereocenters. The van der Waals surface area contributed by atoms with Gasteiger partial charge in [-0.3, -0.25) is 0 Å². The molecule has 3 atom stereocenters. The zero-order chi connectivity index (χ0) is 10.1. The van der Waals surface area contributed by atoms with Crippen LogP contribution >= 0.6 is 0 Å². The highest BCUT2D eigenvalue weighted by Crippen LogP contribution is 2.20. The van der Waals surface area contributed by atoms with Crippen LogP contribution in [-0.2, 0) is 0 Å². The first-order valence-corrected chi connectivity index (χ1v) is 5.02. The van der Waals surface area contributed by atoms with E-state index in [1.165, 1.54) is 0 Å². The molecule has 0 aromatic rings. The third-order valence-electron chi connectivity index (χ3n) is 2.42. The van der Waals surface area contributed by atoms with Gasteiger partial charge in [0.05, 0.1) is 12.2 Å². The van der Waals surface area contributed by atoms with Gasteiger partial charge in [0.25, 0.3) is 0 Å². The highest BCUT2D eigenvalue weighted by atomic mass is 16.3. The summed E-state index contributed by atoms with van der Waals surface area (Å²) in [5, 5.41) is 22.2. The Balaban J connectivity index is 2.38. The standard InChI is InChI=1S/C10H21NO2/c1-10(2,3)11-7-4-5-8(12)9(13)6-7/h7-9,11-13H,4-6H2,1-3H3/t7?,8-,9+/m0/s1. The van der Waals surface area contributed by atoms with Crippen LogP contribution in [-0.4, -0.2) is 34.0 Å². The van der Waals surface area contributed by atoms with E-state index in [4.69, 9.17) is 0 Å². The first-order valence-electron chi connectivity index (χ1n) is 5.02. The summed E-state index contributed by atoms with van der Waals surface area (Å²) in [6.07, 6.45) is 1.26. The minimum atomic E-state index is -0.548. The molecule has 0 aromatic heterocycles. The van der Waals surface area contributed by atoms with Crippen molar-refractivity contribution in [1.82, 2.24) is 5.32 Å². The van der Waals surface area contributed by atoms with E-state index in [2.05, 4.69) is 26.1 Å². The zero-order valence-electron chi connectivity index (χ0n) is 8.75. The Kier molecular flexibility index (Phi) is 3.33. The summed E-state index contributed by atoms with van der Waals surface area (Å²) < 4.78 is 0. The molecule has 3 heteroatoms. The van der Waals surface area contributed by atoms with Crippen molar-refractivity contribution < 1.29 is 10.2 Å². The maximum atomic E-state index is 9.45. The number of aliphatic hydroxyl groups excluding tert-OH is 2. The number of aliphatic hydroxyl groups is 2. The molecule has 13 heavy (non-hydrogen) atoms. The van der Waals surface area contributed by atoms with Crippen molar-refractivity contribution in [3.63, 3.8) is 0 Å². The molecule has 1 saturated carbocycles. The van der Waals surface area contributed by atoms with Crippen molar-refractivity contribution in [2.45, 2.75) is 63.8 Å². The predicted octanol–water partition coefficient (Wildman–Crippen LogP) is 0.649. The fraction of sp³-hybridized carbons (Fsp3) is 1.00. The highest BCUT2D eigenvalue weighted by Gasteiger charge is 2.29. The van der Waals surface area contributed by atoms with Crippen LogP contribution in [0.1, 0.15) is 40.0 Å². The lowest BCUT2D eigenvalue weighted by Crippen LogP contribution is -2.49. The summed E-state index contributed by atoms with van der Waals surface area (Å²) in [5.74, 6) is 0. The Bertz CT molecular complexity index is 165. The van der Waals surface area contributed by atoms with Crippen LogP contribution in [0.2, 0.25) is 0 Å². The van der Waals surface area contributed by atoms with Gasteiger partial charge in [0.2, 0.25) is 0 Å². The fourth-order valence-corrected chi connectivity index (χ4v) is 1.87. The van der Waals surface area contributed by atoms with Crippen molar-refractivity contribution in [1.29, 1.82) is 0 Å². The first-order chi connectivity index (χ1) is 5.88. The van der Waals surface area contributed by atoms with E-state index in [9.17, 15) is 10.2 Å². The van der Waals surface area contributed by atoms with Gasteiger partial charge < -0.3 is 15.5 Å². The van der Waals surface area contributed by atoms with Crippen LogP contribution in [0.5, 0.6) is 0 Å². The van der Waals surface area contributed by atoms with Gasteiger partial charge in [0.15, 0.2) is 0 Å². The monoisotopic (exact) mass is 187 g/mol. The lowest BCUT2D eigenvalue weighted by molar-refractivity contribution is -0.0206. The second kappa shape index (κ2) is 3.95. The van der Waals surface area contributed by atoms with Crippen molar-refractivity contribution in [2.75, 3.05) is 0 Å². The summed E-state index contributed by atoms with van der Waals surface area (Å²) in [6.45, 7) is 6.35.